The molecule has 0 aliphatic heterocycles. The van der Waals surface area contributed by atoms with E-state index in [2.05, 4.69) is 30.3 Å². The highest BCUT2D eigenvalue weighted by molar-refractivity contribution is 7.80. The maximum atomic E-state index is 13.0. The number of benzene rings is 1. The number of thiophene rings is 1. The summed E-state index contributed by atoms with van der Waals surface area (Å²) in [4.78, 5) is 14.9. The molecule has 1 heterocycles. The van der Waals surface area contributed by atoms with Gasteiger partial charge in [0.25, 0.3) is 5.91 Å². The van der Waals surface area contributed by atoms with Gasteiger partial charge in [0, 0.05) is 4.88 Å². The van der Waals surface area contributed by atoms with E-state index in [9.17, 15) is 9.18 Å². The van der Waals surface area contributed by atoms with Crippen molar-refractivity contribution in [3.8, 4) is 10.4 Å². The first-order chi connectivity index (χ1) is 11.5. The molecule has 0 radical (unpaired) electrons. The molecule has 0 atom stereocenters. The van der Waals surface area contributed by atoms with Crippen molar-refractivity contribution in [1.29, 1.82) is 0 Å². The van der Waals surface area contributed by atoms with E-state index in [1.165, 1.54) is 28.4 Å². The normalized spacial score (nSPS) is 10.5. The van der Waals surface area contributed by atoms with Crippen molar-refractivity contribution in [1.82, 2.24) is 16.2 Å². The molecule has 8 heteroatoms. The van der Waals surface area contributed by atoms with Crippen LogP contribution in [0.5, 0.6) is 0 Å². The summed E-state index contributed by atoms with van der Waals surface area (Å²) in [5.41, 5.74) is 6.11. The average molecular weight is 367 g/mol. The Morgan fingerprint density at radius 3 is 2.54 bits per heavy atom. The second-order valence-corrected chi connectivity index (χ2v) is 6.95. The first kappa shape index (κ1) is 18.3. The number of hydrazine groups is 1. The van der Waals surface area contributed by atoms with Crippen LogP contribution in [0.15, 0.2) is 36.4 Å². The Morgan fingerprint density at radius 2 is 1.88 bits per heavy atom. The summed E-state index contributed by atoms with van der Waals surface area (Å²) in [6, 6.07) is 9.74. The van der Waals surface area contributed by atoms with E-state index in [0.29, 0.717) is 9.99 Å². The van der Waals surface area contributed by atoms with Crippen LogP contribution in [0, 0.1) is 5.82 Å². The fraction of sp³-hybridized carbons (Fsp3) is 0.250. The van der Waals surface area contributed by atoms with Crippen LogP contribution < -0.4 is 21.1 Å². The molecule has 1 aromatic carbocycles. The average Bonchev–Trinajstić information content (AvgIpc) is 3.03. The number of nitrogens with one attached hydrogen (secondary N) is 4. The smallest absolute Gasteiger partial charge is 0.279 e. The van der Waals surface area contributed by atoms with Crippen LogP contribution in [-0.2, 0) is 0 Å². The third-order valence-corrected chi connectivity index (χ3v) is 4.54. The largest absolute Gasteiger partial charge is 0.356 e. The highest BCUT2D eigenvalue weighted by Gasteiger charge is 2.10. The Balaban J connectivity index is 1.85. The number of halogens is 1. The van der Waals surface area contributed by atoms with Crippen LogP contribution in [0.25, 0.3) is 10.4 Å². The third kappa shape index (κ3) is 5.55. The zero-order valence-corrected chi connectivity index (χ0v) is 15.1. The monoisotopic (exact) mass is 367 g/mol. The Bertz CT molecular complexity index is 700. The number of amides is 1. The lowest BCUT2D eigenvalue weighted by atomic mass is 10.2. The van der Waals surface area contributed by atoms with Gasteiger partial charge >= 0.3 is 0 Å². The summed E-state index contributed by atoms with van der Waals surface area (Å²) in [5.74, 6) is -0.551. The molecule has 0 saturated carbocycles. The Hall–Kier alpha value is -2.03. The summed E-state index contributed by atoms with van der Waals surface area (Å²) in [7, 11) is 4.10. The molecule has 128 valence electrons. The highest BCUT2D eigenvalue weighted by Crippen LogP contribution is 2.28. The molecule has 4 N–H and O–H groups in total. The lowest BCUT2D eigenvalue weighted by Crippen LogP contribution is -3.06. The van der Waals surface area contributed by atoms with Crippen LogP contribution in [0.2, 0.25) is 0 Å². The molecule has 0 bridgehead atoms. The van der Waals surface area contributed by atoms with Gasteiger partial charge in [0.15, 0.2) is 5.11 Å². The number of thiocarbonyl (C=S) groups is 1. The summed E-state index contributed by atoms with van der Waals surface area (Å²) >= 11 is 6.42. The third-order valence-electron chi connectivity index (χ3n) is 3.16. The zero-order valence-electron chi connectivity index (χ0n) is 13.5. The molecule has 0 aliphatic rings. The topological polar surface area (TPSA) is 57.6 Å². The van der Waals surface area contributed by atoms with E-state index in [-0.39, 0.29) is 11.7 Å². The van der Waals surface area contributed by atoms with E-state index in [0.717, 1.165) is 23.5 Å². The van der Waals surface area contributed by atoms with E-state index in [1.54, 1.807) is 18.2 Å². The Morgan fingerprint density at radius 1 is 1.17 bits per heavy atom. The van der Waals surface area contributed by atoms with Gasteiger partial charge < -0.3 is 10.2 Å². The number of hydrogen-bond donors (Lipinski definition) is 4. The standard InChI is InChI=1S/C16H19FN4OS2/c1-21(2)10-9-18-16(23)20-19-15(22)14-8-7-13(24-14)11-3-5-12(17)6-4-11/h3-8H,9-10H2,1-2H3,(H,19,22)(H2,18,20,23)/p+1. The number of quaternary nitrogens is 1. The molecule has 24 heavy (non-hydrogen) atoms. The number of rotatable bonds is 5. The van der Waals surface area contributed by atoms with Crippen LogP contribution >= 0.6 is 23.6 Å². The summed E-state index contributed by atoms with van der Waals surface area (Å²) in [5, 5.41) is 3.38. The van der Waals surface area contributed by atoms with Gasteiger partial charge in [-0.05, 0) is 42.0 Å². The van der Waals surface area contributed by atoms with Crippen LogP contribution in [-0.4, -0.2) is 38.2 Å². The maximum Gasteiger partial charge on any atom is 0.279 e. The van der Waals surface area contributed by atoms with Crippen LogP contribution in [0.1, 0.15) is 9.67 Å². The minimum Gasteiger partial charge on any atom is -0.356 e. The molecule has 1 aromatic heterocycles. The van der Waals surface area contributed by atoms with E-state index in [4.69, 9.17) is 12.2 Å². The molecule has 0 saturated heterocycles. The summed E-state index contributed by atoms with van der Waals surface area (Å²) in [6.45, 7) is 1.64. The molecule has 0 aliphatic carbocycles. The van der Waals surface area contributed by atoms with E-state index >= 15 is 0 Å². The quantitative estimate of drug-likeness (QED) is 0.467. The van der Waals surface area contributed by atoms with Crippen molar-refractivity contribution in [2.75, 3.05) is 27.2 Å². The van der Waals surface area contributed by atoms with Crippen molar-refractivity contribution in [3.05, 3.63) is 47.1 Å². The molecular weight excluding hydrogens is 347 g/mol. The van der Waals surface area contributed by atoms with Crippen molar-refractivity contribution in [2.45, 2.75) is 0 Å². The van der Waals surface area contributed by atoms with Crippen molar-refractivity contribution >= 4 is 34.6 Å². The van der Waals surface area contributed by atoms with Gasteiger partial charge in [-0.3, -0.25) is 15.6 Å². The molecule has 0 unspecified atom stereocenters. The van der Waals surface area contributed by atoms with Gasteiger partial charge in [-0.15, -0.1) is 11.3 Å². The molecule has 2 aromatic rings. The van der Waals surface area contributed by atoms with Crippen LogP contribution in [0.4, 0.5) is 4.39 Å². The molecule has 1 amide bonds. The van der Waals surface area contributed by atoms with Crippen LogP contribution in [0.3, 0.4) is 0 Å². The molecule has 0 fully saturated rings. The van der Waals surface area contributed by atoms with Crippen molar-refractivity contribution < 1.29 is 14.1 Å². The summed E-state index contributed by atoms with van der Waals surface area (Å²) in [6.07, 6.45) is 0. The molecule has 2 rings (SSSR count). The van der Waals surface area contributed by atoms with E-state index in [1.807, 2.05) is 6.07 Å². The fourth-order valence-corrected chi connectivity index (χ4v) is 2.93. The number of hydrogen-bond acceptors (Lipinski definition) is 3. The minimum atomic E-state index is -0.283. The predicted molar refractivity (Wildman–Crippen MR) is 98.6 cm³/mol. The Kier molecular flexibility index (Phi) is 6.65. The predicted octanol–water partition coefficient (Wildman–Crippen LogP) is 0.808. The fourth-order valence-electron chi connectivity index (χ4n) is 1.87. The number of carbonyl (C=O) groups excluding carboxylic acids is 1. The Labute approximate surface area is 149 Å². The summed E-state index contributed by atoms with van der Waals surface area (Å²) < 4.78 is 13.0. The zero-order chi connectivity index (χ0) is 17.5. The van der Waals surface area contributed by atoms with Gasteiger partial charge in [-0.1, -0.05) is 12.1 Å². The first-order valence-electron chi connectivity index (χ1n) is 7.44. The minimum absolute atomic E-state index is 0.268. The lowest BCUT2D eigenvalue weighted by molar-refractivity contribution is -0.856. The molecule has 5 nitrogen and oxygen atoms in total. The maximum absolute atomic E-state index is 13.0. The van der Waals surface area contributed by atoms with Gasteiger partial charge in [-0.2, -0.15) is 0 Å². The van der Waals surface area contributed by atoms with Crippen molar-refractivity contribution in [2.24, 2.45) is 0 Å². The number of likely N-dealkylation sites (N-methyl/N-ethyl adjacent to an activating group) is 1. The SMILES string of the molecule is C[NH+](C)CCNC(=S)NNC(=O)c1ccc(-c2ccc(F)cc2)s1. The molecular formula is C16H20FN4OS2+. The highest BCUT2D eigenvalue weighted by atomic mass is 32.1. The molecule has 0 spiro atoms. The van der Waals surface area contributed by atoms with Gasteiger partial charge in [-0.25, -0.2) is 4.39 Å². The van der Waals surface area contributed by atoms with E-state index < -0.39 is 0 Å². The second kappa shape index (κ2) is 8.72. The lowest BCUT2D eigenvalue weighted by Gasteiger charge is -2.12. The van der Waals surface area contributed by atoms with Gasteiger partial charge in [0.1, 0.15) is 5.82 Å². The van der Waals surface area contributed by atoms with Crippen molar-refractivity contribution in [3.63, 3.8) is 0 Å². The first-order valence-corrected chi connectivity index (χ1v) is 8.67. The van der Waals surface area contributed by atoms with Gasteiger partial charge in [0.05, 0.1) is 32.1 Å². The second-order valence-electron chi connectivity index (χ2n) is 5.46. The van der Waals surface area contributed by atoms with Gasteiger partial charge in [0.2, 0.25) is 0 Å². The number of carbonyl (C=O) groups is 1.